The fourth-order valence-electron chi connectivity index (χ4n) is 1.64. The minimum atomic E-state index is 0.518. The molecule has 2 heteroatoms. The van der Waals surface area contributed by atoms with Gasteiger partial charge in [-0.25, -0.2) is 0 Å². The zero-order valence-electron chi connectivity index (χ0n) is 9.66. The summed E-state index contributed by atoms with van der Waals surface area (Å²) < 4.78 is 0. The van der Waals surface area contributed by atoms with Crippen LogP contribution < -0.4 is 5.32 Å². The van der Waals surface area contributed by atoms with Crippen LogP contribution in [0.25, 0.3) is 0 Å². The highest BCUT2D eigenvalue weighted by atomic mass is 14.9. The lowest BCUT2D eigenvalue weighted by molar-refractivity contribution is 0.516. The van der Waals surface area contributed by atoms with Crippen LogP contribution in [0.5, 0.6) is 0 Å². The number of rotatable bonds is 6. The second-order valence-corrected chi connectivity index (χ2v) is 4.01. The van der Waals surface area contributed by atoms with E-state index in [1.807, 2.05) is 25.4 Å². The van der Waals surface area contributed by atoms with Gasteiger partial charge in [-0.05, 0) is 45.4 Å². The van der Waals surface area contributed by atoms with E-state index in [0.717, 1.165) is 19.3 Å². The molecule has 0 aliphatic carbocycles. The third kappa shape index (κ3) is 4.75. The van der Waals surface area contributed by atoms with Gasteiger partial charge in [-0.3, -0.25) is 4.98 Å². The van der Waals surface area contributed by atoms with E-state index < -0.39 is 0 Å². The molecule has 82 valence electrons. The van der Waals surface area contributed by atoms with Crippen molar-refractivity contribution in [3.05, 3.63) is 42.2 Å². The smallest absolute Gasteiger partial charge is 0.0404 e. The molecule has 1 atom stereocenters. The van der Waals surface area contributed by atoms with Crippen molar-refractivity contribution in [1.82, 2.24) is 10.3 Å². The van der Waals surface area contributed by atoms with E-state index >= 15 is 0 Å². The fraction of sp³-hybridized carbons (Fsp3) is 0.462. The number of pyridine rings is 1. The topological polar surface area (TPSA) is 24.9 Å². The molecule has 0 aromatic carbocycles. The highest BCUT2D eigenvalue weighted by molar-refractivity contribution is 5.04. The van der Waals surface area contributed by atoms with Crippen LogP contribution in [-0.2, 0) is 6.42 Å². The van der Waals surface area contributed by atoms with Crippen molar-refractivity contribution in [3.63, 3.8) is 0 Å². The van der Waals surface area contributed by atoms with E-state index in [4.69, 9.17) is 0 Å². The summed E-state index contributed by atoms with van der Waals surface area (Å²) in [5.41, 5.74) is 2.40. The molecule has 0 amide bonds. The summed E-state index contributed by atoms with van der Waals surface area (Å²) in [6, 6.07) is 6.58. The van der Waals surface area contributed by atoms with Gasteiger partial charge in [-0.1, -0.05) is 11.6 Å². The number of aromatic nitrogens is 1. The second kappa shape index (κ2) is 6.36. The van der Waals surface area contributed by atoms with Gasteiger partial charge in [0.25, 0.3) is 0 Å². The van der Waals surface area contributed by atoms with E-state index in [0.29, 0.717) is 6.04 Å². The standard InChI is InChI=1S/C13H20N2/c1-11(2)10-13(14-3)8-7-12-6-4-5-9-15-12/h4-6,9,13-14H,1,7-8,10H2,2-3H3. The molecule has 1 aromatic heterocycles. The average Bonchev–Trinajstić information content (AvgIpc) is 2.25. The molecule has 0 aliphatic heterocycles. The quantitative estimate of drug-likeness (QED) is 0.720. The van der Waals surface area contributed by atoms with E-state index in [1.54, 1.807) is 0 Å². The number of nitrogens with zero attached hydrogens (tertiary/aromatic N) is 1. The van der Waals surface area contributed by atoms with Crippen LogP contribution in [-0.4, -0.2) is 18.1 Å². The van der Waals surface area contributed by atoms with Gasteiger partial charge in [0.2, 0.25) is 0 Å². The SMILES string of the molecule is C=C(C)CC(CCc1ccccn1)NC. The number of nitrogens with one attached hydrogen (secondary N) is 1. The monoisotopic (exact) mass is 204 g/mol. The summed E-state index contributed by atoms with van der Waals surface area (Å²) in [6.07, 6.45) is 5.03. The molecule has 0 spiro atoms. The first-order chi connectivity index (χ1) is 7.22. The zero-order valence-corrected chi connectivity index (χ0v) is 9.66. The highest BCUT2D eigenvalue weighted by Gasteiger charge is 2.06. The third-order valence-corrected chi connectivity index (χ3v) is 2.48. The van der Waals surface area contributed by atoms with Crippen LogP contribution in [0, 0.1) is 0 Å². The van der Waals surface area contributed by atoms with Crippen LogP contribution >= 0.6 is 0 Å². The third-order valence-electron chi connectivity index (χ3n) is 2.48. The molecule has 15 heavy (non-hydrogen) atoms. The summed E-state index contributed by atoms with van der Waals surface area (Å²) in [5, 5.41) is 3.32. The Bertz CT molecular complexity index is 293. The average molecular weight is 204 g/mol. The Morgan fingerprint density at radius 1 is 1.53 bits per heavy atom. The van der Waals surface area contributed by atoms with Crippen molar-refractivity contribution < 1.29 is 0 Å². The van der Waals surface area contributed by atoms with Gasteiger partial charge in [-0.15, -0.1) is 6.58 Å². The van der Waals surface area contributed by atoms with E-state index in [1.165, 1.54) is 11.3 Å². The van der Waals surface area contributed by atoms with Crippen molar-refractivity contribution in [3.8, 4) is 0 Å². The Morgan fingerprint density at radius 2 is 2.33 bits per heavy atom. The molecule has 0 saturated carbocycles. The van der Waals surface area contributed by atoms with Crippen LogP contribution in [0.3, 0.4) is 0 Å². The summed E-state index contributed by atoms with van der Waals surface area (Å²) in [7, 11) is 2.01. The second-order valence-electron chi connectivity index (χ2n) is 4.01. The first-order valence-electron chi connectivity index (χ1n) is 5.44. The Kier molecular flexibility index (Phi) is 5.05. The lowest BCUT2D eigenvalue weighted by Crippen LogP contribution is -2.26. The van der Waals surface area contributed by atoms with Gasteiger partial charge < -0.3 is 5.32 Å². The molecule has 1 N–H and O–H groups in total. The van der Waals surface area contributed by atoms with Crippen LogP contribution in [0.2, 0.25) is 0 Å². The minimum Gasteiger partial charge on any atom is -0.317 e. The summed E-state index contributed by atoms with van der Waals surface area (Å²) >= 11 is 0. The maximum absolute atomic E-state index is 4.31. The number of aryl methyl sites for hydroxylation is 1. The molecule has 0 saturated heterocycles. The molecule has 1 heterocycles. The number of hydrogen-bond donors (Lipinski definition) is 1. The molecular formula is C13H20N2. The summed E-state index contributed by atoms with van der Waals surface area (Å²) in [4.78, 5) is 4.31. The van der Waals surface area contributed by atoms with Crippen molar-refractivity contribution in [2.75, 3.05) is 7.05 Å². The van der Waals surface area contributed by atoms with Crippen molar-refractivity contribution in [2.24, 2.45) is 0 Å². The first-order valence-corrected chi connectivity index (χ1v) is 5.44. The molecule has 0 fully saturated rings. The van der Waals surface area contributed by atoms with Crippen molar-refractivity contribution >= 4 is 0 Å². The van der Waals surface area contributed by atoms with Crippen LogP contribution in [0.4, 0.5) is 0 Å². The zero-order chi connectivity index (χ0) is 11.1. The van der Waals surface area contributed by atoms with Gasteiger partial charge in [0.05, 0.1) is 0 Å². The molecule has 0 radical (unpaired) electrons. The summed E-state index contributed by atoms with van der Waals surface area (Å²) in [6.45, 7) is 6.02. The lowest BCUT2D eigenvalue weighted by Gasteiger charge is -2.15. The van der Waals surface area contributed by atoms with Crippen LogP contribution in [0.1, 0.15) is 25.5 Å². The molecule has 0 bridgehead atoms. The Labute approximate surface area is 92.4 Å². The normalized spacial score (nSPS) is 12.4. The van der Waals surface area contributed by atoms with Gasteiger partial charge in [0, 0.05) is 17.9 Å². The lowest BCUT2D eigenvalue weighted by atomic mass is 10.0. The number of hydrogen-bond acceptors (Lipinski definition) is 2. The van der Waals surface area contributed by atoms with E-state index in [9.17, 15) is 0 Å². The van der Waals surface area contributed by atoms with Gasteiger partial charge in [-0.2, -0.15) is 0 Å². The molecule has 1 unspecified atom stereocenters. The maximum Gasteiger partial charge on any atom is 0.0404 e. The Morgan fingerprint density at radius 3 is 2.87 bits per heavy atom. The molecule has 0 aliphatic rings. The summed E-state index contributed by atoms with van der Waals surface area (Å²) in [5.74, 6) is 0. The predicted molar refractivity (Wildman–Crippen MR) is 64.8 cm³/mol. The van der Waals surface area contributed by atoms with Gasteiger partial charge >= 0.3 is 0 Å². The maximum atomic E-state index is 4.31. The first kappa shape index (κ1) is 11.9. The van der Waals surface area contributed by atoms with Gasteiger partial charge in [0.1, 0.15) is 0 Å². The van der Waals surface area contributed by atoms with E-state index in [2.05, 4.69) is 29.9 Å². The largest absolute Gasteiger partial charge is 0.317 e. The minimum absolute atomic E-state index is 0.518. The Balaban J connectivity index is 2.37. The predicted octanol–water partition coefficient (Wildman–Crippen LogP) is 2.57. The highest BCUT2D eigenvalue weighted by Crippen LogP contribution is 2.08. The molecular weight excluding hydrogens is 184 g/mol. The van der Waals surface area contributed by atoms with Crippen LogP contribution in [0.15, 0.2) is 36.5 Å². The van der Waals surface area contributed by atoms with E-state index in [-0.39, 0.29) is 0 Å². The molecule has 1 aromatic rings. The fourth-order valence-corrected chi connectivity index (χ4v) is 1.64. The Hall–Kier alpha value is -1.15. The van der Waals surface area contributed by atoms with Gasteiger partial charge in [0.15, 0.2) is 0 Å². The molecule has 2 nitrogen and oxygen atoms in total. The van der Waals surface area contributed by atoms with Crippen molar-refractivity contribution in [1.29, 1.82) is 0 Å². The molecule has 1 rings (SSSR count). The van der Waals surface area contributed by atoms with Crippen molar-refractivity contribution in [2.45, 2.75) is 32.2 Å².